The SMILES string of the molecule is CN[C@@H](C)C(=O)NC1CCc2ccc(Br)cc2N(Cc2ccccc2)C1=O.Cl. The number of anilines is 1. The van der Waals surface area contributed by atoms with Gasteiger partial charge in [-0.05, 0) is 50.1 Å². The maximum Gasteiger partial charge on any atom is 0.249 e. The fraction of sp³-hybridized carbons (Fsp3) is 0.333. The Labute approximate surface area is 180 Å². The van der Waals surface area contributed by atoms with Crippen LogP contribution in [0.2, 0.25) is 0 Å². The fourth-order valence-electron chi connectivity index (χ4n) is 3.22. The van der Waals surface area contributed by atoms with Crippen LogP contribution in [0.1, 0.15) is 24.5 Å². The van der Waals surface area contributed by atoms with Gasteiger partial charge in [-0.1, -0.05) is 52.3 Å². The lowest BCUT2D eigenvalue weighted by molar-refractivity contribution is -0.128. The van der Waals surface area contributed by atoms with Gasteiger partial charge in [0.2, 0.25) is 11.8 Å². The molecular formula is C21H25BrClN3O2. The average Bonchev–Trinajstić information content (AvgIpc) is 2.80. The molecule has 0 fully saturated rings. The molecule has 5 nitrogen and oxygen atoms in total. The molecule has 3 rings (SSSR count). The third kappa shape index (κ3) is 5.13. The smallest absolute Gasteiger partial charge is 0.249 e. The second kappa shape index (κ2) is 10.0. The minimum absolute atomic E-state index is 0. The number of aryl methyl sites for hydroxylation is 1. The number of benzene rings is 2. The van der Waals surface area contributed by atoms with E-state index in [0.717, 1.165) is 27.7 Å². The number of rotatable bonds is 5. The van der Waals surface area contributed by atoms with Crippen molar-refractivity contribution in [1.82, 2.24) is 10.6 Å². The van der Waals surface area contributed by atoms with Crippen molar-refractivity contribution in [2.45, 2.75) is 38.4 Å². The molecule has 1 heterocycles. The second-order valence-corrected chi connectivity index (χ2v) is 7.71. The lowest BCUT2D eigenvalue weighted by Gasteiger charge is -2.27. The van der Waals surface area contributed by atoms with E-state index in [4.69, 9.17) is 0 Å². The number of hydrogen-bond acceptors (Lipinski definition) is 3. The Balaban J connectivity index is 0.00000280. The molecule has 2 N–H and O–H groups in total. The summed E-state index contributed by atoms with van der Waals surface area (Å²) in [5, 5.41) is 5.84. The number of carbonyl (C=O) groups excluding carboxylic acids is 2. The first-order valence-electron chi connectivity index (χ1n) is 9.11. The topological polar surface area (TPSA) is 61.4 Å². The summed E-state index contributed by atoms with van der Waals surface area (Å²) >= 11 is 3.52. The maximum atomic E-state index is 13.3. The van der Waals surface area contributed by atoms with Crippen LogP contribution in [0.25, 0.3) is 0 Å². The van der Waals surface area contributed by atoms with Gasteiger partial charge in [0.25, 0.3) is 0 Å². The molecule has 0 saturated heterocycles. The predicted octanol–water partition coefficient (Wildman–Crippen LogP) is 3.44. The van der Waals surface area contributed by atoms with Gasteiger partial charge in [0.15, 0.2) is 0 Å². The first-order valence-corrected chi connectivity index (χ1v) is 9.90. The molecule has 1 unspecified atom stereocenters. The number of nitrogens with zero attached hydrogens (tertiary/aromatic N) is 1. The normalized spacial score (nSPS) is 17.2. The van der Waals surface area contributed by atoms with Crippen molar-refractivity contribution in [2.75, 3.05) is 11.9 Å². The minimum atomic E-state index is -0.539. The third-order valence-corrected chi connectivity index (χ3v) is 5.42. The number of hydrogen-bond donors (Lipinski definition) is 2. The Morgan fingerprint density at radius 1 is 1.25 bits per heavy atom. The second-order valence-electron chi connectivity index (χ2n) is 6.79. The predicted molar refractivity (Wildman–Crippen MR) is 118 cm³/mol. The van der Waals surface area contributed by atoms with Crippen LogP contribution in [-0.4, -0.2) is 30.9 Å². The zero-order chi connectivity index (χ0) is 19.4. The Morgan fingerprint density at radius 3 is 2.64 bits per heavy atom. The molecule has 0 bridgehead atoms. The summed E-state index contributed by atoms with van der Waals surface area (Å²) in [7, 11) is 1.73. The van der Waals surface area contributed by atoms with Crippen LogP contribution in [0.15, 0.2) is 53.0 Å². The Kier molecular flexibility index (Phi) is 8.04. The quantitative estimate of drug-likeness (QED) is 0.709. The third-order valence-electron chi connectivity index (χ3n) is 4.93. The average molecular weight is 467 g/mol. The largest absolute Gasteiger partial charge is 0.343 e. The Hall–Kier alpha value is -1.89. The molecule has 150 valence electrons. The highest BCUT2D eigenvalue weighted by molar-refractivity contribution is 9.10. The van der Waals surface area contributed by atoms with Crippen molar-refractivity contribution in [3.05, 3.63) is 64.1 Å². The number of fused-ring (bicyclic) bond motifs is 1. The van der Waals surface area contributed by atoms with E-state index in [1.807, 2.05) is 48.5 Å². The van der Waals surface area contributed by atoms with Crippen molar-refractivity contribution in [2.24, 2.45) is 0 Å². The van der Waals surface area contributed by atoms with Crippen LogP contribution in [0, 0.1) is 0 Å². The summed E-state index contributed by atoms with van der Waals surface area (Å²) in [6.07, 6.45) is 1.32. The Morgan fingerprint density at radius 2 is 1.96 bits per heavy atom. The molecule has 7 heteroatoms. The van der Waals surface area contributed by atoms with E-state index in [2.05, 4.69) is 26.6 Å². The molecule has 1 aliphatic rings. The first kappa shape index (κ1) is 22.4. The number of likely N-dealkylation sites (N-methyl/N-ethyl adjacent to an activating group) is 1. The van der Waals surface area contributed by atoms with Gasteiger partial charge in [-0.25, -0.2) is 0 Å². The molecule has 28 heavy (non-hydrogen) atoms. The number of amides is 2. The summed E-state index contributed by atoms with van der Waals surface area (Å²) in [6, 6.07) is 15.0. The van der Waals surface area contributed by atoms with E-state index < -0.39 is 6.04 Å². The van der Waals surface area contributed by atoms with Gasteiger partial charge in [-0.2, -0.15) is 0 Å². The van der Waals surface area contributed by atoms with Crippen LogP contribution in [0.4, 0.5) is 5.69 Å². The van der Waals surface area contributed by atoms with E-state index in [1.54, 1.807) is 18.9 Å². The first-order chi connectivity index (χ1) is 13.0. The van der Waals surface area contributed by atoms with E-state index in [-0.39, 0.29) is 30.3 Å². The molecule has 2 aromatic carbocycles. The van der Waals surface area contributed by atoms with Gasteiger partial charge in [0, 0.05) is 10.2 Å². The highest BCUT2D eigenvalue weighted by Gasteiger charge is 2.32. The van der Waals surface area contributed by atoms with Gasteiger partial charge in [0.05, 0.1) is 12.6 Å². The number of halogens is 2. The summed E-state index contributed by atoms with van der Waals surface area (Å²) in [4.78, 5) is 27.5. The Bertz CT molecular complexity index is 832. The summed E-state index contributed by atoms with van der Waals surface area (Å²) in [6.45, 7) is 2.25. The van der Waals surface area contributed by atoms with Crippen LogP contribution in [0.5, 0.6) is 0 Å². The molecule has 0 saturated carbocycles. The molecule has 2 aromatic rings. The molecular weight excluding hydrogens is 442 g/mol. The number of nitrogens with one attached hydrogen (secondary N) is 2. The minimum Gasteiger partial charge on any atom is -0.343 e. The molecule has 1 aliphatic heterocycles. The zero-order valence-electron chi connectivity index (χ0n) is 15.9. The van der Waals surface area contributed by atoms with E-state index >= 15 is 0 Å². The van der Waals surface area contributed by atoms with E-state index in [1.165, 1.54) is 0 Å². The molecule has 0 aliphatic carbocycles. The van der Waals surface area contributed by atoms with Gasteiger partial charge in [-0.15, -0.1) is 12.4 Å². The van der Waals surface area contributed by atoms with Crippen molar-refractivity contribution in [3.8, 4) is 0 Å². The summed E-state index contributed by atoms with van der Waals surface area (Å²) < 4.78 is 0.929. The highest BCUT2D eigenvalue weighted by atomic mass is 79.9. The molecule has 2 atom stereocenters. The molecule has 2 amide bonds. The standard InChI is InChI=1S/C21H24BrN3O2.ClH/c1-14(23-2)20(26)24-18-11-9-16-8-10-17(22)12-19(16)25(21(18)27)13-15-6-4-3-5-7-15;/h3-8,10,12,14,18,23H,9,11,13H2,1-2H3,(H,24,26);1H/t14-,18?;/m0./s1. The summed E-state index contributed by atoms with van der Waals surface area (Å²) in [5.74, 6) is -0.241. The lowest BCUT2D eigenvalue weighted by Crippen LogP contribution is -2.52. The van der Waals surface area contributed by atoms with Crippen LogP contribution < -0.4 is 15.5 Å². The van der Waals surface area contributed by atoms with Crippen molar-refractivity contribution >= 4 is 45.8 Å². The van der Waals surface area contributed by atoms with Crippen LogP contribution in [-0.2, 0) is 22.6 Å². The summed E-state index contributed by atoms with van der Waals surface area (Å²) in [5.41, 5.74) is 3.06. The molecule has 0 aromatic heterocycles. The van der Waals surface area contributed by atoms with Crippen molar-refractivity contribution in [1.29, 1.82) is 0 Å². The van der Waals surface area contributed by atoms with Crippen molar-refractivity contribution in [3.63, 3.8) is 0 Å². The fourth-order valence-corrected chi connectivity index (χ4v) is 3.57. The maximum absolute atomic E-state index is 13.3. The van der Waals surface area contributed by atoms with Gasteiger partial charge < -0.3 is 15.5 Å². The van der Waals surface area contributed by atoms with Crippen molar-refractivity contribution < 1.29 is 9.59 Å². The monoisotopic (exact) mass is 465 g/mol. The number of carbonyl (C=O) groups is 2. The van der Waals surface area contributed by atoms with Gasteiger partial charge >= 0.3 is 0 Å². The van der Waals surface area contributed by atoms with Crippen LogP contribution >= 0.6 is 28.3 Å². The highest BCUT2D eigenvalue weighted by Crippen LogP contribution is 2.31. The van der Waals surface area contributed by atoms with E-state index in [0.29, 0.717) is 13.0 Å². The van der Waals surface area contributed by atoms with Gasteiger partial charge in [-0.3, -0.25) is 9.59 Å². The van der Waals surface area contributed by atoms with Gasteiger partial charge in [0.1, 0.15) is 6.04 Å². The lowest BCUT2D eigenvalue weighted by atomic mass is 10.1. The van der Waals surface area contributed by atoms with Crippen LogP contribution in [0.3, 0.4) is 0 Å². The zero-order valence-corrected chi connectivity index (χ0v) is 18.3. The molecule has 0 radical (unpaired) electrons. The molecule has 0 spiro atoms. The van der Waals surface area contributed by atoms with E-state index in [9.17, 15) is 9.59 Å².